The van der Waals surface area contributed by atoms with Crippen LogP contribution < -0.4 is 0 Å². The minimum Gasteiger partial charge on any atom is -0.410 e. The molecule has 2 aliphatic carbocycles. The highest BCUT2D eigenvalue weighted by Crippen LogP contribution is 2.56. The first-order valence-corrected chi connectivity index (χ1v) is 15.7. The minimum atomic E-state index is -1.93. The summed E-state index contributed by atoms with van der Waals surface area (Å²) in [5.74, 6) is 6.59. The average molecular weight is 475 g/mol. The maximum Gasteiger partial charge on any atom is 0.192 e. The van der Waals surface area contributed by atoms with Gasteiger partial charge in [0.15, 0.2) is 14.1 Å². The predicted molar refractivity (Wildman–Crippen MR) is 136 cm³/mol. The third-order valence-electron chi connectivity index (χ3n) is 8.36. The van der Waals surface area contributed by atoms with E-state index in [1.54, 1.807) is 0 Å². The molecule has 0 aromatic carbocycles. The van der Waals surface area contributed by atoms with E-state index < -0.39 is 14.1 Å². The molecule has 2 saturated carbocycles. The van der Waals surface area contributed by atoms with Gasteiger partial charge in [0.05, 0.1) is 19.3 Å². The number of Topliss-reactive ketones (excluding diaryl/α,β-unsaturated/α-hetero) is 1. The summed E-state index contributed by atoms with van der Waals surface area (Å²) in [7, 11) is -1.93. The first-order chi connectivity index (χ1) is 15.2. The van der Waals surface area contributed by atoms with Gasteiger partial charge in [-0.25, -0.2) is 0 Å². The molecule has 1 aliphatic heterocycles. The largest absolute Gasteiger partial charge is 0.410 e. The van der Waals surface area contributed by atoms with Gasteiger partial charge in [-0.2, -0.15) is 0 Å². The molecule has 186 valence electrons. The lowest BCUT2D eigenvalue weighted by atomic mass is 9.92. The summed E-state index contributed by atoms with van der Waals surface area (Å²) in [6, 6.07) is 0. The van der Waals surface area contributed by atoms with Crippen LogP contribution >= 0.6 is 0 Å². The van der Waals surface area contributed by atoms with Crippen LogP contribution in [0.2, 0.25) is 18.1 Å². The van der Waals surface area contributed by atoms with Crippen molar-refractivity contribution in [3.63, 3.8) is 0 Å². The SMILES string of the molecule is CC#CCC(C)C(=O)CC=C1[C@H]2CC3(C[C@H]2C[C@H]1O[Si](C)(C)C(C)(C)C)OCC(C)(C)CO3. The molecule has 0 radical (unpaired) electrons. The molecule has 1 saturated heterocycles. The van der Waals surface area contributed by atoms with E-state index in [1.165, 1.54) is 5.57 Å². The van der Waals surface area contributed by atoms with Crippen molar-refractivity contribution in [1.82, 2.24) is 0 Å². The number of ketones is 1. The Hall–Kier alpha value is -0.933. The Kier molecular flexibility index (Phi) is 7.76. The second-order valence-electron chi connectivity index (χ2n) is 12.9. The van der Waals surface area contributed by atoms with Gasteiger partial charge >= 0.3 is 0 Å². The molecular formula is C28H46O4Si. The Balaban J connectivity index is 1.80. The quantitative estimate of drug-likeness (QED) is 0.250. The lowest BCUT2D eigenvalue weighted by Crippen LogP contribution is -2.47. The van der Waals surface area contributed by atoms with E-state index in [2.05, 4.69) is 65.6 Å². The summed E-state index contributed by atoms with van der Waals surface area (Å²) in [5, 5.41) is 0.154. The van der Waals surface area contributed by atoms with Crippen molar-refractivity contribution >= 4 is 14.1 Å². The Morgan fingerprint density at radius 1 is 1.24 bits per heavy atom. The summed E-state index contributed by atoms with van der Waals surface area (Å²) < 4.78 is 19.7. The number of hydrogen-bond acceptors (Lipinski definition) is 4. The van der Waals surface area contributed by atoms with Crippen LogP contribution in [0, 0.1) is 35.0 Å². The zero-order valence-corrected chi connectivity index (χ0v) is 23.5. The number of allylic oxidation sites excluding steroid dienone is 1. The molecule has 3 rings (SSSR count). The van der Waals surface area contributed by atoms with Gasteiger partial charge in [0.1, 0.15) is 5.78 Å². The van der Waals surface area contributed by atoms with E-state index in [0.717, 1.165) is 32.5 Å². The summed E-state index contributed by atoms with van der Waals surface area (Å²) in [4.78, 5) is 12.8. The molecule has 0 aromatic rings. The molecule has 4 nitrogen and oxygen atoms in total. The van der Waals surface area contributed by atoms with Gasteiger partial charge in [0.2, 0.25) is 0 Å². The van der Waals surface area contributed by atoms with Crippen molar-refractivity contribution in [3.8, 4) is 11.8 Å². The lowest BCUT2D eigenvalue weighted by molar-refractivity contribution is -0.297. The smallest absolute Gasteiger partial charge is 0.192 e. The highest BCUT2D eigenvalue weighted by atomic mass is 28.4. The van der Waals surface area contributed by atoms with E-state index in [-0.39, 0.29) is 28.3 Å². The number of ether oxygens (including phenoxy) is 2. The van der Waals surface area contributed by atoms with Crippen LogP contribution in [-0.4, -0.2) is 39.2 Å². The molecule has 1 unspecified atom stereocenters. The third kappa shape index (κ3) is 6.01. The third-order valence-corrected chi connectivity index (χ3v) is 12.8. The molecule has 0 aromatic heterocycles. The van der Waals surface area contributed by atoms with Crippen LogP contribution in [0.15, 0.2) is 11.6 Å². The molecule has 3 fully saturated rings. The highest BCUT2D eigenvalue weighted by molar-refractivity contribution is 6.74. The van der Waals surface area contributed by atoms with E-state index >= 15 is 0 Å². The number of carbonyl (C=O) groups is 1. The zero-order valence-electron chi connectivity index (χ0n) is 22.5. The van der Waals surface area contributed by atoms with Gasteiger partial charge in [-0.3, -0.25) is 4.79 Å². The number of hydrogen-bond donors (Lipinski definition) is 0. The molecular weight excluding hydrogens is 428 g/mol. The monoisotopic (exact) mass is 474 g/mol. The van der Waals surface area contributed by atoms with Crippen LogP contribution in [0.5, 0.6) is 0 Å². The first kappa shape index (κ1) is 26.7. The maximum atomic E-state index is 12.8. The van der Waals surface area contributed by atoms with Gasteiger partial charge < -0.3 is 13.9 Å². The van der Waals surface area contributed by atoms with Crippen molar-refractivity contribution in [3.05, 3.63) is 11.6 Å². The van der Waals surface area contributed by atoms with Crippen LogP contribution in [-0.2, 0) is 18.7 Å². The predicted octanol–water partition coefficient (Wildman–Crippen LogP) is 6.51. The number of carbonyl (C=O) groups excluding carboxylic acids is 1. The topological polar surface area (TPSA) is 44.8 Å². The molecule has 3 aliphatic rings. The zero-order chi connectivity index (χ0) is 24.7. The lowest BCUT2D eigenvalue weighted by Gasteiger charge is -2.43. The average Bonchev–Trinajstić information content (AvgIpc) is 3.19. The van der Waals surface area contributed by atoms with E-state index in [1.807, 2.05) is 13.8 Å². The minimum absolute atomic E-state index is 0.0339. The van der Waals surface area contributed by atoms with Gasteiger partial charge in [-0.1, -0.05) is 47.6 Å². The summed E-state index contributed by atoms with van der Waals surface area (Å²) in [6.45, 7) is 21.2. The van der Waals surface area contributed by atoms with Crippen molar-refractivity contribution in [2.75, 3.05) is 13.2 Å². The first-order valence-electron chi connectivity index (χ1n) is 12.8. The fourth-order valence-corrected chi connectivity index (χ4v) is 6.40. The molecule has 1 spiro atoms. The van der Waals surface area contributed by atoms with E-state index in [0.29, 0.717) is 24.7 Å². The number of rotatable bonds is 6. The van der Waals surface area contributed by atoms with Crippen LogP contribution in [0.4, 0.5) is 0 Å². The molecule has 0 N–H and O–H groups in total. The van der Waals surface area contributed by atoms with Gasteiger partial charge in [0.25, 0.3) is 0 Å². The molecule has 4 atom stereocenters. The summed E-state index contributed by atoms with van der Waals surface area (Å²) in [5.41, 5.74) is 1.39. The van der Waals surface area contributed by atoms with Crippen molar-refractivity contribution in [2.45, 2.75) is 111 Å². The second kappa shape index (κ2) is 9.61. The Morgan fingerprint density at radius 3 is 2.45 bits per heavy atom. The van der Waals surface area contributed by atoms with Crippen LogP contribution in [0.3, 0.4) is 0 Å². The van der Waals surface area contributed by atoms with E-state index in [4.69, 9.17) is 13.9 Å². The Labute approximate surface area is 203 Å². The highest BCUT2D eigenvalue weighted by Gasteiger charge is 2.56. The van der Waals surface area contributed by atoms with Gasteiger partial charge in [-0.05, 0) is 48.9 Å². The maximum absolute atomic E-state index is 12.8. The van der Waals surface area contributed by atoms with Gasteiger partial charge in [0, 0.05) is 37.0 Å². The van der Waals surface area contributed by atoms with Crippen LogP contribution in [0.1, 0.15) is 80.6 Å². The molecule has 1 heterocycles. The second-order valence-corrected chi connectivity index (χ2v) is 17.7. The summed E-state index contributed by atoms with van der Waals surface area (Å²) >= 11 is 0. The van der Waals surface area contributed by atoms with E-state index in [9.17, 15) is 4.79 Å². The molecule has 0 bridgehead atoms. The van der Waals surface area contributed by atoms with Crippen LogP contribution in [0.25, 0.3) is 0 Å². The standard InChI is InChI=1S/C28H46O4Si/c1-10-11-12-20(2)24(29)14-13-22-23-17-28(30-18-27(6,7)19-31-28)16-21(23)15-25(22)32-33(8,9)26(3,4)5/h13,20-21,23,25H,12,14-19H2,1-9H3/t20?,21-,23+,25-/m1/s1. The van der Waals surface area contributed by atoms with Crippen molar-refractivity contribution in [2.24, 2.45) is 23.2 Å². The van der Waals surface area contributed by atoms with Gasteiger partial charge in [-0.15, -0.1) is 11.8 Å². The molecule has 5 heteroatoms. The molecule has 0 amide bonds. The molecule has 33 heavy (non-hydrogen) atoms. The summed E-state index contributed by atoms with van der Waals surface area (Å²) in [6.07, 6.45) is 6.22. The number of fused-ring (bicyclic) bond motifs is 1. The van der Waals surface area contributed by atoms with Crippen molar-refractivity contribution < 1.29 is 18.7 Å². The fraction of sp³-hybridized carbons (Fsp3) is 0.821. The Morgan fingerprint density at radius 2 is 1.88 bits per heavy atom. The Bertz CT molecular complexity index is 813. The normalized spacial score (nSPS) is 30.7. The van der Waals surface area contributed by atoms with Crippen molar-refractivity contribution in [1.29, 1.82) is 0 Å². The fourth-order valence-electron chi connectivity index (χ4n) is 5.11.